The van der Waals surface area contributed by atoms with Gasteiger partial charge in [-0.2, -0.15) is 9.97 Å². The topological polar surface area (TPSA) is 202 Å². The maximum atomic E-state index is 13.0. The Morgan fingerprint density at radius 3 is 1.66 bits per heavy atom. The van der Waals surface area contributed by atoms with Crippen molar-refractivity contribution in [3.05, 3.63) is 41.9 Å². The van der Waals surface area contributed by atoms with Gasteiger partial charge in [0.25, 0.3) is 0 Å². The Labute approximate surface area is 361 Å². The molecule has 4 fully saturated rings. The molecule has 20 nitrogen and oxygen atoms in total. The molecule has 2 atom stereocenters. The molecule has 0 spiro atoms. The lowest BCUT2D eigenvalue weighted by Crippen LogP contribution is -2.55. The standard InChI is InChI=1S/C20H25N7O3.C17H21BrN6O.C3H5NO2/c1-3-14-17(28)24(2)15-12-22-18(23-16(15)27(14)13-6-4-5-7-13)25-9-8-21-19(25)26-10-11-30-20(26)29;1-3-12-15(25)22(2)13-10-20-17(23-9-8-19-16(23)18)21-14(13)24(12)11-6-4-5-7-11;5-3-4-1-2-6-3/h8-9,12-14H,3-7,10-11H2,1-2H3;8-12H,3-7H2,1-2H3;1-2H2,(H,4,5)/t14-;12-;/m11./s1. The normalized spacial score (nSPS) is 21.4. The van der Waals surface area contributed by atoms with Gasteiger partial charge < -0.3 is 34.4 Å². The van der Waals surface area contributed by atoms with E-state index < -0.39 is 6.09 Å². The smallest absolute Gasteiger partial charge is 0.416 e. The van der Waals surface area contributed by atoms with Gasteiger partial charge >= 0.3 is 12.2 Å². The van der Waals surface area contributed by atoms with Crippen LogP contribution in [0.2, 0.25) is 0 Å². The highest BCUT2D eigenvalue weighted by molar-refractivity contribution is 9.10. The molecule has 10 rings (SSSR count). The number of amides is 4. The highest BCUT2D eigenvalue weighted by Gasteiger charge is 2.43. The van der Waals surface area contributed by atoms with Crippen molar-refractivity contribution in [2.45, 2.75) is 102 Å². The van der Waals surface area contributed by atoms with Crippen molar-refractivity contribution in [1.29, 1.82) is 0 Å². The van der Waals surface area contributed by atoms with Gasteiger partial charge in [0.1, 0.15) is 36.7 Å². The minimum atomic E-state index is -0.427. The lowest BCUT2D eigenvalue weighted by Gasteiger charge is -2.43. The molecule has 324 valence electrons. The second-order valence-electron chi connectivity index (χ2n) is 15.6. The Bertz CT molecular complexity index is 2250. The average Bonchev–Trinajstić information content (AvgIpc) is 4.13. The summed E-state index contributed by atoms with van der Waals surface area (Å²) in [6, 6.07) is 0.277. The summed E-state index contributed by atoms with van der Waals surface area (Å²) in [5, 5.41) is 2.46. The first-order valence-electron chi connectivity index (χ1n) is 21.0. The van der Waals surface area contributed by atoms with Gasteiger partial charge in [0.2, 0.25) is 29.7 Å². The molecule has 1 N–H and O–H groups in total. The molecule has 4 aliphatic heterocycles. The Kier molecular flexibility index (Phi) is 12.4. The number of anilines is 5. The van der Waals surface area contributed by atoms with Gasteiger partial charge in [-0.05, 0) is 54.5 Å². The van der Waals surface area contributed by atoms with Crippen LogP contribution >= 0.6 is 15.9 Å². The molecule has 2 aliphatic carbocycles. The van der Waals surface area contributed by atoms with Crippen LogP contribution in [0.3, 0.4) is 0 Å². The van der Waals surface area contributed by atoms with Crippen molar-refractivity contribution < 1.29 is 28.7 Å². The molecule has 2 saturated heterocycles. The third-order valence-corrected chi connectivity index (χ3v) is 12.6. The number of ether oxygens (including phenoxy) is 2. The van der Waals surface area contributed by atoms with E-state index in [1.54, 1.807) is 57.0 Å². The number of likely N-dealkylation sites (N-methyl/N-ethyl adjacent to an activating group) is 2. The molecule has 4 aromatic rings. The van der Waals surface area contributed by atoms with Crippen LogP contribution in [0.25, 0.3) is 11.9 Å². The van der Waals surface area contributed by atoms with E-state index in [2.05, 4.69) is 62.6 Å². The lowest BCUT2D eigenvalue weighted by atomic mass is 10.0. The van der Waals surface area contributed by atoms with Crippen LogP contribution in [-0.2, 0) is 19.1 Å². The number of nitrogens with one attached hydrogen (secondary N) is 1. The van der Waals surface area contributed by atoms with Gasteiger partial charge in [-0.25, -0.2) is 34.4 Å². The highest BCUT2D eigenvalue weighted by Crippen LogP contribution is 2.41. The van der Waals surface area contributed by atoms with Gasteiger partial charge in [0.05, 0.1) is 25.5 Å². The van der Waals surface area contributed by atoms with Crippen molar-refractivity contribution in [3.63, 3.8) is 0 Å². The molecule has 2 saturated carbocycles. The zero-order chi connectivity index (χ0) is 42.8. The number of rotatable bonds is 7. The predicted octanol–water partition coefficient (Wildman–Crippen LogP) is 4.78. The van der Waals surface area contributed by atoms with Crippen molar-refractivity contribution in [1.82, 2.24) is 44.4 Å². The monoisotopic (exact) mass is 902 g/mol. The van der Waals surface area contributed by atoms with Crippen molar-refractivity contribution in [2.24, 2.45) is 0 Å². The predicted molar refractivity (Wildman–Crippen MR) is 229 cm³/mol. The molecule has 0 radical (unpaired) electrons. The number of carbonyl (C=O) groups is 4. The van der Waals surface area contributed by atoms with E-state index in [0.29, 0.717) is 73.1 Å². The lowest BCUT2D eigenvalue weighted by molar-refractivity contribution is -0.120. The van der Waals surface area contributed by atoms with E-state index in [-0.39, 0.29) is 30.0 Å². The van der Waals surface area contributed by atoms with Gasteiger partial charge in [0, 0.05) is 51.0 Å². The molecular formula is C40H51BrN14O6. The number of aromatic nitrogens is 8. The Hall–Kier alpha value is -5.86. The number of halogens is 1. The van der Waals surface area contributed by atoms with Crippen molar-refractivity contribution in [3.8, 4) is 11.9 Å². The Balaban J connectivity index is 0.000000150. The fourth-order valence-electron chi connectivity index (χ4n) is 8.99. The van der Waals surface area contributed by atoms with E-state index in [9.17, 15) is 19.2 Å². The van der Waals surface area contributed by atoms with Crippen molar-refractivity contribution >= 4 is 68.9 Å². The first-order chi connectivity index (χ1) is 29.6. The third kappa shape index (κ3) is 8.06. The second kappa shape index (κ2) is 18.0. The molecular weight excluding hydrogens is 852 g/mol. The average molecular weight is 904 g/mol. The number of hydrogen-bond acceptors (Lipinski definition) is 14. The van der Waals surface area contributed by atoms with Crippen LogP contribution in [0, 0.1) is 0 Å². The van der Waals surface area contributed by atoms with Crippen LogP contribution in [-0.4, -0.2) is 128 Å². The summed E-state index contributed by atoms with van der Waals surface area (Å²) in [6.45, 7) is 6.06. The summed E-state index contributed by atoms with van der Waals surface area (Å²) in [7, 11) is 3.59. The largest absolute Gasteiger partial charge is 0.448 e. The number of hydrogen-bond donors (Lipinski definition) is 1. The van der Waals surface area contributed by atoms with Crippen LogP contribution in [0.5, 0.6) is 0 Å². The minimum absolute atomic E-state index is 0.0800. The molecule has 4 aromatic heterocycles. The van der Waals surface area contributed by atoms with E-state index in [1.807, 2.05) is 20.2 Å². The highest BCUT2D eigenvalue weighted by atomic mass is 79.9. The molecule has 61 heavy (non-hydrogen) atoms. The van der Waals surface area contributed by atoms with Gasteiger partial charge in [-0.1, -0.05) is 39.5 Å². The number of fused-ring (bicyclic) bond motifs is 2. The third-order valence-electron chi connectivity index (χ3n) is 12.1. The summed E-state index contributed by atoms with van der Waals surface area (Å²) in [5.74, 6) is 3.23. The van der Waals surface area contributed by atoms with Gasteiger partial charge in [0.15, 0.2) is 16.4 Å². The zero-order valence-corrected chi connectivity index (χ0v) is 36.4. The first-order valence-corrected chi connectivity index (χ1v) is 21.8. The molecule has 0 aromatic carbocycles. The van der Waals surface area contributed by atoms with Crippen molar-refractivity contribution in [2.75, 3.05) is 64.9 Å². The maximum Gasteiger partial charge on any atom is 0.416 e. The number of carbonyl (C=O) groups excluding carboxylic acids is 4. The molecule has 8 heterocycles. The van der Waals surface area contributed by atoms with E-state index in [4.69, 9.17) is 14.7 Å². The van der Waals surface area contributed by atoms with Crippen LogP contribution in [0.4, 0.5) is 38.5 Å². The fourth-order valence-corrected chi connectivity index (χ4v) is 9.38. The van der Waals surface area contributed by atoms with Crippen LogP contribution in [0.1, 0.15) is 78.1 Å². The zero-order valence-electron chi connectivity index (χ0n) is 34.8. The number of cyclic esters (lactones) is 2. The fraction of sp³-hybridized carbons (Fsp3) is 0.550. The number of alkyl carbamates (subject to hydrolysis) is 1. The summed E-state index contributed by atoms with van der Waals surface area (Å²) < 4.78 is 13.6. The molecule has 6 aliphatic rings. The Morgan fingerprint density at radius 1 is 0.705 bits per heavy atom. The van der Waals surface area contributed by atoms with Crippen LogP contribution < -0.4 is 29.8 Å². The summed E-state index contributed by atoms with van der Waals surface area (Å²) in [5.41, 5.74) is 1.49. The number of imidazole rings is 2. The van der Waals surface area contributed by atoms with Gasteiger partial charge in [-0.3, -0.25) is 18.7 Å². The quantitative estimate of drug-likeness (QED) is 0.266. The molecule has 0 bridgehead atoms. The maximum absolute atomic E-state index is 13.0. The molecule has 0 unspecified atom stereocenters. The minimum Gasteiger partial charge on any atom is -0.448 e. The number of nitrogens with zero attached hydrogens (tertiary/aromatic N) is 13. The van der Waals surface area contributed by atoms with Gasteiger partial charge in [-0.15, -0.1) is 0 Å². The molecule has 21 heteroatoms. The SMILES string of the molecule is CC[C@@H]1C(=O)N(C)c2cnc(-n3ccnc3Br)nc2N1C1CCCC1.CC[C@@H]1C(=O)N(C)c2cnc(-n3ccnc3N3CCOC3=O)nc2N1C1CCCC1.O=C1NCCO1. The Morgan fingerprint density at radius 2 is 1.23 bits per heavy atom. The van der Waals surface area contributed by atoms with E-state index >= 15 is 0 Å². The van der Waals surface area contributed by atoms with E-state index in [1.165, 1.54) is 17.7 Å². The van der Waals surface area contributed by atoms with E-state index in [0.717, 1.165) is 62.3 Å². The summed E-state index contributed by atoms with van der Waals surface area (Å²) >= 11 is 3.42. The summed E-state index contributed by atoms with van der Waals surface area (Å²) in [6.07, 6.45) is 20.2. The first kappa shape index (κ1) is 41.9. The van der Waals surface area contributed by atoms with Crippen LogP contribution in [0.15, 0.2) is 41.9 Å². The second-order valence-corrected chi connectivity index (χ2v) is 16.3. The summed E-state index contributed by atoms with van der Waals surface area (Å²) in [4.78, 5) is 84.3. The molecule has 4 amide bonds.